The second-order valence-electron chi connectivity index (χ2n) is 9.44. The maximum atomic E-state index is 13.7. The molecule has 0 aliphatic rings. The van der Waals surface area contributed by atoms with Crippen LogP contribution in [0.1, 0.15) is 38.7 Å². The number of carbonyl (C=O) groups excluding carboxylic acids is 2. The molecule has 5 heteroatoms. The highest BCUT2D eigenvalue weighted by molar-refractivity contribution is 6.06. The lowest BCUT2D eigenvalue weighted by atomic mass is 10.0. The molecule has 0 bridgehead atoms. The van der Waals surface area contributed by atoms with Crippen LogP contribution in [0.25, 0.3) is 22.2 Å². The number of nitrogens with zero attached hydrogens (tertiary/aromatic N) is 1. The van der Waals surface area contributed by atoms with E-state index < -0.39 is 18.0 Å². The van der Waals surface area contributed by atoms with Gasteiger partial charge in [0.15, 0.2) is 0 Å². The summed E-state index contributed by atoms with van der Waals surface area (Å²) < 4.78 is 5.97. The topological polar surface area (TPSA) is 68.3 Å². The van der Waals surface area contributed by atoms with Crippen LogP contribution < -0.4 is 5.32 Å². The van der Waals surface area contributed by atoms with Crippen molar-refractivity contribution in [3.63, 3.8) is 0 Å². The van der Waals surface area contributed by atoms with E-state index >= 15 is 0 Å². The van der Waals surface area contributed by atoms with Crippen LogP contribution in [0, 0.1) is 20.8 Å². The number of carbonyl (C=O) groups is 2. The van der Waals surface area contributed by atoms with Crippen molar-refractivity contribution >= 4 is 28.5 Å². The molecule has 5 rings (SSSR count). The first kappa shape index (κ1) is 24.9. The number of aromatic nitrogens is 1. The van der Waals surface area contributed by atoms with Gasteiger partial charge in [0.2, 0.25) is 6.10 Å². The Morgan fingerprint density at radius 3 is 2.21 bits per heavy atom. The normalized spacial score (nSPS) is 11.7. The van der Waals surface area contributed by atoms with Crippen LogP contribution in [0.4, 0.5) is 5.69 Å². The molecule has 1 amide bonds. The van der Waals surface area contributed by atoms with Crippen LogP contribution in [0.5, 0.6) is 0 Å². The fourth-order valence-electron chi connectivity index (χ4n) is 4.36. The Balaban J connectivity index is 1.53. The molecule has 0 radical (unpaired) electrons. The molecule has 1 N–H and O–H groups in total. The Labute approximate surface area is 222 Å². The molecule has 5 aromatic rings. The summed E-state index contributed by atoms with van der Waals surface area (Å²) in [6.07, 6.45) is -1.14. The highest BCUT2D eigenvalue weighted by Gasteiger charge is 2.27. The first-order chi connectivity index (χ1) is 18.4. The molecule has 0 aliphatic carbocycles. The molecule has 1 atom stereocenters. The molecule has 1 unspecified atom stereocenters. The van der Waals surface area contributed by atoms with Gasteiger partial charge in [-0.15, -0.1) is 0 Å². The fraction of sp³-hybridized carbons (Fsp3) is 0.121. The van der Waals surface area contributed by atoms with Crippen LogP contribution in [0.2, 0.25) is 0 Å². The van der Waals surface area contributed by atoms with Crippen molar-refractivity contribution in [3.05, 3.63) is 131 Å². The summed E-state index contributed by atoms with van der Waals surface area (Å²) in [5.74, 6) is -1.02. The molecule has 1 aromatic heterocycles. The van der Waals surface area contributed by atoms with Gasteiger partial charge in [0.25, 0.3) is 5.91 Å². The van der Waals surface area contributed by atoms with Crippen LogP contribution in [0.3, 0.4) is 0 Å². The minimum atomic E-state index is -1.14. The third-order valence-corrected chi connectivity index (χ3v) is 6.50. The number of ether oxygens (including phenoxy) is 1. The number of hydrogen-bond donors (Lipinski definition) is 1. The van der Waals surface area contributed by atoms with Gasteiger partial charge in [-0.05, 0) is 50.1 Å². The van der Waals surface area contributed by atoms with Crippen molar-refractivity contribution in [3.8, 4) is 11.3 Å². The maximum absolute atomic E-state index is 13.7. The van der Waals surface area contributed by atoms with Gasteiger partial charge in [0, 0.05) is 22.2 Å². The molecule has 4 aromatic carbocycles. The minimum Gasteiger partial charge on any atom is -0.444 e. The zero-order valence-electron chi connectivity index (χ0n) is 21.6. The highest BCUT2D eigenvalue weighted by atomic mass is 16.5. The Bertz CT molecular complexity index is 1630. The molecular formula is C33H28N2O3. The number of pyridine rings is 1. The summed E-state index contributed by atoms with van der Waals surface area (Å²) in [7, 11) is 0. The Kier molecular flexibility index (Phi) is 7.00. The molecular weight excluding hydrogens is 472 g/mol. The van der Waals surface area contributed by atoms with Gasteiger partial charge in [-0.3, -0.25) is 4.79 Å². The van der Waals surface area contributed by atoms with E-state index in [4.69, 9.17) is 9.72 Å². The van der Waals surface area contributed by atoms with E-state index in [2.05, 4.69) is 5.32 Å². The third kappa shape index (κ3) is 5.32. The van der Waals surface area contributed by atoms with E-state index in [0.29, 0.717) is 33.4 Å². The molecule has 1 heterocycles. The molecule has 0 saturated carbocycles. The molecule has 0 fully saturated rings. The number of hydrogen-bond acceptors (Lipinski definition) is 4. The van der Waals surface area contributed by atoms with Crippen LogP contribution in [0.15, 0.2) is 103 Å². The smallest absolute Gasteiger partial charge is 0.340 e. The van der Waals surface area contributed by atoms with Gasteiger partial charge in [0.05, 0.1) is 16.8 Å². The Hall–Kier alpha value is -4.77. The Morgan fingerprint density at radius 1 is 0.763 bits per heavy atom. The van der Waals surface area contributed by atoms with Crippen molar-refractivity contribution in [2.24, 2.45) is 0 Å². The number of aryl methyl sites for hydroxylation is 3. The van der Waals surface area contributed by atoms with Crippen molar-refractivity contribution < 1.29 is 14.3 Å². The van der Waals surface area contributed by atoms with Gasteiger partial charge < -0.3 is 10.1 Å². The highest BCUT2D eigenvalue weighted by Crippen LogP contribution is 2.29. The minimum absolute atomic E-state index is 0.353. The first-order valence-corrected chi connectivity index (χ1v) is 12.5. The maximum Gasteiger partial charge on any atom is 0.340 e. The average molecular weight is 501 g/mol. The monoisotopic (exact) mass is 500 g/mol. The van der Waals surface area contributed by atoms with Crippen LogP contribution in [-0.4, -0.2) is 16.9 Å². The predicted octanol–water partition coefficient (Wildman–Crippen LogP) is 7.36. The summed E-state index contributed by atoms with van der Waals surface area (Å²) in [6, 6.07) is 32.0. The molecule has 0 spiro atoms. The summed E-state index contributed by atoms with van der Waals surface area (Å²) in [6.45, 7) is 5.91. The van der Waals surface area contributed by atoms with Gasteiger partial charge >= 0.3 is 5.97 Å². The number of amides is 1. The molecule has 188 valence electrons. The number of para-hydroxylation sites is 1. The van der Waals surface area contributed by atoms with Crippen molar-refractivity contribution in [2.45, 2.75) is 26.9 Å². The van der Waals surface area contributed by atoms with Crippen molar-refractivity contribution in [1.82, 2.24) is 4.98 Å². The number of fused-ring (bicyclic) bond motifs is 1. The second-order valence-corrected chi connectivity index (χ2v) is 9.44. The fourth-order valence-corrected chi connectivity index (χ4v) is 4.36. The Morgan fingerprint density at radius 2 is 1.45 bits per heavy atom. The van der Waals surface area contributed by atoms with E-state index in [1.54, 1.807) is 18.2 Å². The summed E-state index contributed by atoms with van der Waals surface area (Å²) in [5.41, 5.74) is 6.92. The van der Waals surface area contributed by atoms with Gasteiger partial charge in [-0.2, -0.15) is 0 Å². The van der Waals surface area contributed by atoms with E-state index in [1.807, 2.05) is 106 Å². The van der Waals surface area contributed by atoms with Crippen LogP contribution >= 0.6 is 0 Å². The van der Waals surface area contributed by atoms with E-state index in [1.165, 1.54) is 0 Å². The second kappa shape index (κ2) is 10.7. The van der Waals surface area contributed by atoms with Gasteiger partial charge in [-0.25, -0.2) is 9.78 Å². The number of nitrogens with one attached hydrogen (secondary N) is 1. The van der Waals surface area contributed by atoms with E-state index in [-0.39, 0.29) is 0 Å². The van der Waals surface area contributed by atoms with Gasteiger partial charge in [-0.1, -0.05) is 90.5 Å². The summed E-state index contributed by atoms with van der Waals surface area (Å²) in [4.78, 5) is 32.0. The SMILES string of the molecule is Cc1ccc(-c2cc(C(=O)OC(C(=O)Nc3cc(C)ccc3C)c3ccccc3)c3ccccc3n2)cc1. The standard InChI is InChI=1S/C33H28N2O3/c1-21-14-17-24(18-15-21)30-20-27(26-11-7-8-12-28(26)34-30)33(37)38-31(25-9-5-4-6-10-25)32(36)35-29-19-22(2)13-16-23(29)3/h4-20,31H,1-3H3,(H,35,36). The quantitative estimate of drug-likeness (QED) is 0.247. The predicted molar refractivity (Wildman–Crippen MR) is 151 cm³/mol. The molecule has 5 nitrogen and oxygen atoms in total. The zero-order valence-corrected chi connectivity index (χ0v) is 21.6. The lowest BCUT2D eigenvalue weighted by molar-refractivity contribution is -0.125. The molecule has 38 heavy (non-hydrogen) atoms. The third-order valence-electron chi connectivity index (χ3n) is 6.50. The van der Waals surface area contributed by atoms with Gasteiger partial charge in [0.1, 0.15) is 0 Å². The van der Waals surface area contributed by atoms with Crippen molar-refractivity contribution in [2.75, 3.05) is 5.32 Å². The van der Waals surface area contributed by atoms with E-state index in [0.717, 1.165) is 22.3 Å². The number of esters is 1. The summed E-state index contributed by atoms with van der Waals surface area (Å²) >= 11 is 0. The molecule has 0 aliphatic heterocycles. The summed E-state index contributed by atoms with van der Waals surface area (Å²) in [5, 5.41) is 3.62. The van der Waals surface area contributed by atoms with Crippen LogP contribution in [-0.2, 0) is 9.53 Å². The average Bonchev–Trinajstić information content (AvgIpc) is 2.93. The number of rotatable bonds is 6. The van der Waals surface area contributed by atoms with Crippen molar-refractivity contribution in [1.29, 1.82) is 0 Å². The molecule has 0 saturated heterocycles. The lowest BCUT2D eigenvalue weighted by Gasteiger charge is -2.20. The zero-order chi connectivity index (χ0) is 26.6. The number of anilines is 1. The first-order valence-electron chi connectivity index (χ1n) is 12.5. The number of benzene rings is 4. The lowest BCUT2D eigenvalue weighted by Crippen LogP contribution is -2.26. The van der Waals surface area contributed by atoms with E-state index in [9.17, 15) is 9.59 Å². The largest absolute Gasteiger partial charge is 0.444 e.